The fourth-order valence-corrected chi connectivity index (χ4v) is 2.11. The van der Waals surface area contributed by atoms with Crippen LogP contribution in [0.3, 0.4) is 0 Å². The van der Waals surface area contributed by atoms with E-state index in [9.17, 15) is 22.8 Å². The Labute approximate surface area is 149 Å². The molecule has 0 atom stereocenters. The average Bonchev–Trinajstić information content (AvgIpc) is 2.58. The zero-order valence-electron chi connectivity index (χ0n) is 14.8. The predicted molar refractivity (Wildman–Crippen MR) is 88.1 cm³/mol. The van der Waals surface area contributed by atoms with Crippen molar-refractivity contribution in [3.8, 4) is 0 Å². The van der Waals surface area contributed by atoms with E-state index in [0.717, 1.165) is 18.2 Å². The number of alkyl halides is 3. The van der Waals surface area contributed by atoms with Gasteiger partial charge in [0.2, 0.25) is 12.1 Å². The summed E-state index contributed by atoms with van der Waals surface area (Å²) in [6.07, 6.45) is -5.19. The number of Topliss-reactive ketones (excluding diaryl/α,β-unsaturated/α-hetero) is 1. The maximum Gasteiger partial charge on any atom is 0.416 e. The molecule has 0 bridgehead atoms. The van der Waals surface area contributed by atoms with Crippen molar-refractivity contribution >= 4 is 17.8 Å². The van der Waals surface area contributed by atoms with Crippen molar-refractivity contribution in [3.63, 3.8) is 0 Å². The summed E-state index contributed by atoms with van der Waals surface area (Å²) in [6.45, 7) is 4.94. The lowest BCUT2D eigenvalue weighted by Crippen LogP contribution is -2.32. The number of benzene rings is 1. The molecule has 8 heteroatoms. The van der Waals surface area contributed by atoms with Gasteiger partial charge in [0.05, 0.1) is 12.2 Å². The highest BCUT2D eigenvalue weighted by Gasteiger charge is 2.34. The Morgan fingerprint density at radius 3 is 2.12 bits per heavy atom. The minimum Gasteiger partial charge on any atom is -0.462 e. The van der Waals surface area contributed by atoms with Gasteiger partial charge < -0.3 is 14.2 Å². The first-order valence-electron chi connectivity index (χ1n) is 8.08. The third-order valence-electron chi connectivity index (χ3n) is 3.18. The summed E-state index contributed by atoms with van der Waals surface area (Å²) in [7, 11) is 0. The molecule has 0 unspecified atom stereocenters. The first kappa shape index (κ1) is 21.9. The van der Waals surface area contributed by atoms with Gasteiger partial charge in [-0.1, -0.05) is 18.2 Å². The average molecular weight is 374 g/mol. The molecule has 0 aromatic heterocycles. The molecule has 0 aliphatic heterocycles. The Morgan fingerprint density at radius 1 is 1.04 bits per heavy atom. The van der Waals surface area contributed by atoms with E-state index in [1.807, 2.05) is 0 Å². The second kappa shape index (κ2) is 10.1. The van der Waals surface area contributed by atoms with Crippen LogP contribution in [0.15, 0.2) is 29.8 Å². The topological polar surface area (TPSA) is 61.8 Å². The van der Waals surface area contributed by atoms with E-state index in [4.69, 9.17) is 14.2 Å². The third-order valence-corrected chi connectivity index (χ3v) is 3.18. The molecule has 0 saturated heterocycles. The van der Waals surface area contributed by atoms with Gasteiger partial charge in [0.15, 0.2) is 0 Å². The molecule has 1 rings (SSSR count). The van der Waals surface area contributed by atoms with Crippen molar-refractivity contribution in [2.45, 2.75) is 33.2 Å². The highest BCUT2D eigenvalue weighted by molar-refractivity contribution is 6.21. The minimum absolute atomic E-state index is 0.0433. The maximum absolute atomic E-state index is 13.2. The molecular weight excluding hydrogens is 353 g/mol. The molecule has 0 fully saturated rings. The Bertz CT molecular complexity index is 646. The van der Waals surface area contributed by atoms with Gasteiger partial charge in [-0.2, -0.15) is 13.2 Å². The Kier molecular flexibility index (Phi) is 8.47. The van der Waals surface area contributed by atoms with Gasteiger partial charge in [-0.15, -0.1) is 0 Å². The van der Waals surface area contributed by atoms with Gasteiger partial charge in [-0.25, -0.2) is 4.79 Å². The quantitative estimate of drug-likeness (QED) is 0.217. The lowest BCUT2D eigenvalue weighted by molar-refractivity contribution is -0.166. The van der Waals surface area contributed by atoms with E-state index in [1.165, 1.54) is 19.1 Å². The number of hydrogen-bond acceptors (Lipinski definition) is 5. The highest BCUT2D eigenvalue weighted by atomic mass is 19.4. The molecule has 0 saturated carbocycles. The summed E-state index contributed by atoms with van der Waals surface area (Å²) in [5.41, 5.74) is -1.88. The normalized spacial score (nSPS) is 12.3. The summed E-state index contributed by atoms with van der Waals surface area (Å²) in [4.78, 5) is 24.8. The van der Waals surface area contributed by atoms with Crippen LogP contribution < -0.4 is 0 Å². The molecule has 0 aliphatic rings. The van der Waals surface area contributed by atoms with E-state index >= 15 is 0 Å². The molecule has 0 aliphatic carbocycles. The number of carbonyl (C=O) groups excluding carboxylic acids is 2. The van der Waals surface area contributed by atoms with Gasteiger partial charge in [-0.3, -0.25) is 4.79 Å². The fraction of sp³-hybridized carbons (Fsp3) is 0.444. The van der Waals surface area contributed by atoms with Crippen molar-refractivity contribution in [2.24, 2.45) is 0 Å². The van der Waals surface area contributed by atoms with Crippen LogP contribution in [0.1, 0.15) is 31.9 Å². The minimum atomic E-state index is -4.64. The Balaban J connectivity index is 3.41. The van der Waals surface area contributed by atoms with Gasteiger partial charge in [0.25, 0.3) is 0 Å². The molecule has 1 aromatic carbocycles. The first-order chi connectivity index (χ1) is 12.3. The van der Waals surface area contributed by atoms with E-state index < -0.39 is 35.4 Å². The SMILES string of the molecule is CCOC(=O)/C(=C\c1ccccc1C(F)(F)F)C(=O)C(OCC)OCC. The largest absolute Gasteiger partial charge is 0.462 e. The number of halogens is 3. The third kappa shape index (κ3) is 5.96. The van der Waals surface area contributed by atoms with Gasteiger partial charge >= 0.3 is 12.1 Å². The maximum atomic E-state index is 13.2. The van der Waals surface area contributed by atoms with Gasteiger partial charge in [0.1, 0.15) is 5.57 Å². The monoisotopic (exact) mass is 374 g/mol. The Hall–Kier alpha value is -2.19. The number of carbonyl (C=O) groups is 2. The first-order valence-corrected chi connectivity index (χ1v) is 8.08. The van der Waals surface area contributed by atoms with Crippen molar-refractivity contribution in [1.29, 1.82) is 0 Å². The van der Waals surface area contributed by atoms with Crippen LogP contribution in [-0.4, -0.2) is 37.9 Å². The smallest absolute Gasteiger partial charge is 0.416 e. The number of ether oxygens (including phenoxy) is 3. The summed E-state index contributed by atoms with van der Waals surface area (Å²) in [5, 5.41) is 0. The lowest BCUT2D eigenvalue weighted by atomic mass is 10.0. The van der Waals surface area contributed by atoms with Gasteiger partial charge in [0, 0.05) is 13.2 Å². The van der Waals surface area contributed by atoms with Crippen LogP contribution in [0, 0.1) is 0 Å². The second-order valence-electron chi connectivity index (χ2n) is 4.97. The van der Waals surface area contributed by atoms with E-state index in [0.29, 0.717) is 0 Å². The molecule has 0 spiro atoms. The zero-order valence-corrected chi connectivity index (χ0v) is 14.8. The second-order valence-corrected chi connectivity index (χ2v) is 4.97. The van der Waals surface area contributed by atoms with Crippen LogP contribution >= 0.6 is 0 Å². The summed E-state index contributed by atoms with van der Waals surface area (Å²) < 4.78 is 54.6. The number of ketones is 1. The molecule has 26 heavy (non-hydrogen) atoms. The van der Waals surface area contributed by atoms with E-state index in [-0.39, 0.29) is 25.4 Å². The molecule has 5 nitrogen and oxygen atoms in total. The van der Waals surface area contributed by atoms with Crippen molar-refractivity contribution in [2.75, 3.05) is 19.8 Å². The predicted octanol–water partition coefficient (Wildman–Crippen LogP) is 3.62. The summed E-state index contributed by atoms with van der Waals surface area (Å²) in [6, 6.07) is 4.61. The molecule has 0 radical (unpaired) electrons. The lowest BCUT2D eigenvalue weighted by Gasteiger charge is -2.17. The van der Waals surface area contributed by atoms with Crippen LogP contribution in [-0.2, 0) is 30.0 Å². The van der Waals surface area contributed by atoms with Crippen LogP contribution in [0.2, 0.25) is 0 Å². The van der Waals surface area contributed by atoms with Crippen LogP contribution in [0.25, 0.3) is 6.08 Å². The summed E-state index contributed by atoms with van der Waals surface area (Å²) >= 11 is 0. The van der Waals surface area contributed by atoms with E-state index in [2.05, 4.69) is 0 Å². The molecule has 144 valence electrons. The molecule has 0 N–H and O–H groups in total. The Morgan fingerprint density at radius 2 is 1.62 bits per heavy atom. The number of rotatable bonds is 9. The molecule has 0 heterocycles. The fourth-order valence-electron chi connectivity index (χ4n) is 2.11. The number of hydrogen-bond donors (Lipinski definition) is 0. The van der Waals surface area contributed by atoms with Crippen molar-refractivity contribution in [1.82, 2.24) is 0 Å². The molecule has 1 aromatic rings. The zero-order chi connectivity index (χ0) is 19.7. The van der Waals surface area contributed by atoms with Crippen molar-refractivity contribution < 1.29 is 37.0 Å². The highest BCUT2D eigenvalue weighted by Crippen LogP contribution is 2.33. The molecule has 0 amide bonds. The van der Waals surface area contributed by atoms with E-state index in [1.54, 1.807) is 13.8 Å². The van der Waals surface area contributed by atoms with Crippen LogP contribution in [0.5, 0.6) is 0 Å². The standard InChI is InChI=1S/C18H21F3O5/c1-4-24-16(23)13(15(22)17(25-5-2)26-6-3)11-12-9-7-8-10-14(12)18(19,20)21/h7-11,17H,4-6H2,1-3H3/b13-11-. The summed E-state index contributed by atoms with van der Waals surface area (Å²) in [5.74, 6) is -1.94. The van der Waals surface area contributed by atoms with Crippen LogP contribution in [0.4, 0.5) is 13.2 Å². The number of esters is 1. The van der Waals surface area contributed by atoms with Gasteiger partial charge in [-0.05, 0) is 38.5 Å². The molecular formula is C18H21F3O5. The van der Waals surface area contributed by atoms with Crippen molar-refractivity contribution in [3.05, 3.63) is 41.0 Å².